The number of thioether (sulfide) groups is 1. The van der Waals surface area contributed by atoms with Gasteiger partial charge in [0.05, 0.1) is 12.8 Å². The maximum atomic E-state index is 11.9. The van der Waals surface area contributed by atoms with Crippen molar-refractivity contribution >= 4 is 29.2 Å². The molecule has 6 heteroatoms. The maximum absolute atomic E-state index is 11.9. The van der Waals surface area contributed by atoms with Gasteiger partial charge in [-0.25, -0.2) is 0 Å². The van der Waals surface area contributed by atoms with Crippen LogP contribution in [0.15, 0.2) is 12.1 Å². The smallest absolute Gasteiger partial charge is 0.248 e. The Hall–Kier alpha value is -1.43. The summed E-state index contributed by atoms with van der Waals surface area (Å²) in [5, 5.41) is 2.90. The molecule has 1 N–H and O–H groups in total. The zero-order valence-corrected chi connectivity index (χ0v) is 10.3. The first-order chi connectivity index (χ1) is 8.29. The molecular formula is C11H13N3O2S. The first-order valence-electron chi connectivity index (χ1n) is 5.50. The van der Waals surface area contributed by atoms with Crippen LogP contribution < -0.4 is 15.0 Å². The molecule has 0 aromatic carbocycles. The van der Waals surface area contributed by atoms with Gasteiger partial charge in [-0.05, 0) is 6.07 Å². The summed E-state index contributed by atoms with van der Waals surface area (Å²) in [5.41, 5.74) is 0.777. The van der Waals surface area contributed by atoms with E-state index < -0.39 is 0 Å². The number of carbonyl (C=O) groups excluding carboxylic acids is 1. The second-order valence-corrected chi connectivity index (χ2v) is 5.15. The monoisotopic (exact) mass is 251 g/mol. The van der Waals surface area contributed by atoms with Crippen LogP contribution in [0.25, 0.3) is 0 Å². The lowest BCUT2D eigenvalue weighted by molar-refractivity contribution is -0.117. The summed E-state index contributed by atoms with van der Waals surface area (Å²) < 4.78 is 5.13. The number of pyridine rings is 1. The molecule has 17 heavy (non-hydrogen) atoms. The first-order valence-corrected chi connectivity index (χ1v) is 6.65. The molecule has 1 atom stereocenters. The van der Waals surface area contributed by atoms with Crippen LogP contribution in [0.3, 0.4) is 0 Å². The Balaban J connectivity index is 2.04. The van der Waals surface area contributed by atoms with Gasteiger partial charge in [0, 0.05) is 24.1 Å². The van der Waals surface area contributed by atoms with Gasteiger partial charge in [-0.1, -0.05) is 0 Å². The van der Waals surface area contributed by atoms with Crippen molar-refractivity contribution < 1.29 is 9.53 Å². The van der Waals surface area contributed by atoms with E-state index in [2.05, 4.69) is 15.2 Å². The SMILES string of the molecule is COc1ccc2c(n1)N1CCSCC1C(=O)N2. The molecule has 2 aliphatic rings. The fourth-order valence-electron chi connectivity index (χ4n) is 2.15. The average Bonchev–Trinajstić information content (AvgIpc) is 2.39. The van der Waals surface area contributed by atoms with Crippen molar-refractivity contribution in [2.24, 2.45) is 0 Å². The summed E-state index contributed by atoms with van der Waals surface area (Å²) in [5.74, 6) is 3.33. The molecule has 1 saturated heterocycles. The second kappa shape index (κ2) is 4.10. The third-order valence-corrected chi connectivity index (χ3v) is 4.04. The van der Waals surface area contributed by atoms with E-state index in [4.69, 9.17) is 4.74 Å². The average molecular weight is 251 g/mol. The van der Waals surface area contributed by atoms with Crippen molar-refractivity contribution in [3.05, 3.63) is 12.1 Å². The van der Waals surface area contributed by atoms with Crippen LogP contribution in [0, 0.1) is 0 Å². The van der Waals surface area contributed by atoms with Crippen molar-refractivity contribution in [2.75, 3.05) is 35.4 Å². The lowest BCUT2D eigenvalue weighted by Crippen LogP contribution is -2.53. The van der Waals surface area contributed by atoms with E-state index in [1.54, 1.807) is 13.2 Å². The van der Waals surface area contributed by atoms with E-state index in [1.165, 1.54) is 0 Å². The second-order valence-electron chi connectivity index (χ2n) is 4.00. The van der Waals surface area contributed by atoms with Gasteiger partial charge in [0.25, 0.3) is 0 Å². The van der Waals surface area contributed by atoms with Crippen LogP contribution >= 0.6 is 11.8 Å². The van der Waals surface area contributed by atoms with Gasteiger partial charge >= 0.3 is 0 Å². The largest absolute Gasteiger partial charge is 0.481 e. The number of carbonyl (C=O) groups is 1. The molecule has 5 nitrogen and oxygen atoms in total. The molecule has 3 rings (SSSR count). The van der Waals surface area contributed by atoms with Crippen LogP contribution in [-0.2, 0) is 4.79 Å². The number of nitrogens with one attached hydrogen (secondary N) is 1. The Kier molecular flexibility index (Phi) is 2.58. The number of aromatic nitrogens is 1. The van der Waals surface area contributed by atoms with Crippen molar-refractivity contribution in [3.63, 3.8) is 0 Å². The summed E-state index contributed by atoms with van der Waals surface area (Å²) in [6.07, 6.45) is 0. The number of hydrogen-bond donors (Lipinski definition) is 1. The Labute approximate surface area is 104 Å². The number of nitrogens with zero attached hydrogens (tertiary/aromatic N) is 2. The molecule has 1 unspecified atom stereocenters. The molecule has 90 valence electrons. The number of ether oxygens (including phenoxy) is 1. The topological polar surface area (TPSA) is 54.5 Å². The summed E-state index contributed by atoms with van der Waals surface area (Å²) in [4.78, 5) is 18.4. The third kappa shape index (κ3) is 1.72. The molecule has 1 amide bonds. The van der Waals surface area contributed by atoms with E-state index in [0.717, 1.165) is 29.6 Å². The molecule has 0 radical (unpaired) electrons. The lowest BCUT2D eigenvalue weighted by atomic mass is 10.1. The van der Waals surface area contributed by atoms with Gasteiger partial charge in [0.2, 0.25) is 11.8 Å². The number of fused-ring (bicyclic) bond motifs is 3. The fourth-order valence-corrected chi connectivity index (χ4v) is 3.20. The molecule has 2 aliphatic heterocycles. The normalized spacial score (nSPS) is 22.5. The predicted octanol–water partition coefficient (Wildman–Crippen LogP) is 0.964. The minimum Gasteiger partial charge on any atom is -0.481 e. The van der Waals surface area contributed by atoms with Crippen molar-refractivity contribution in [3.8, 4) is 5.88 Å². The van der Waals surface area contributed by atoms with Crippen LogP contribution in [0.2, 0.25) is 0 Å². The number of methoxy groups -OCH3 is 1. The molecule has 3 heterocycles. The van der Waals surface area contributed by atoms with Gasteiger partial charge in [0.1, 0.15) is 6.04 Å². The van der Waals surface area contributed by atoms with Crippen LogP contribution in [0.1, 0.15) is 0 Å². The van der Waals surface area contributed by atoms with E-state index in [9.17, 15) is 4.79 Å². The van der Waals surface area contributed by atoms with E-state index in [1.807, 2.05) is 17.8 Å². The summed E-state index contributed by atoms with van der Waals surface area (Å²) in [6, 6.07) is 3.51. The van der Waals surface area contributed by atoms with Gasteiger partial charge in [-0.3, -0.25) is 4.79 Å². The Bertz CT molecular complexity index is 466. The maximum Gasteiger partial charge on any atom is 0.248 e. The zero-order valence-electron chi connectivity index (χ0n) is 9.47. The summed E-state index contributed by atoms with van der Waals surface area (Å²) in [6.45, 7) is 0.857. The van der Waals surface area contributed by atoms with E-state index in [0.29, 0.717) is 5.88 Å². The zero-order chi connectivity index (χ0) is 11.8. The molecule has 1 aromatic rings. The lowest BCUT2D eigenvalue weighted by Gasteiger charge is -2.39. The molecule has 0 saturated carbocycles. The first kappa shape index (κ1) is 10.7. The summed E-state index contributed by atoms with van der Waals surface area (Å²) in [7, 11) is 1.60. The number of amides is 1. The van der Waals surface area contributed by atoms with Gasteiger partial charge in [0.15, 0.2) is 5.82 Å². The van der Waals surface area contributed by atoms with E-state index >= 15 is 0 Å². The predicted molar refractivity (Wildman–Crippen MR) is 67.9 cm³/mol. The minimum absolute atomic E-state index is 0.0664. The highest BCUT2D eigenvalue weighted by Gasteiger charge is 2.36. The minimum atomic E-state index is -0.0964. The van der Waals surface area contributed by atoms with Crippen LogP contribution in [0.5, 0.6) is 5.88 Å². The molecule has 1 aromatic heterocycles. The summed E-state index contributed by atoms with van der Waals surface area (Å²) >= 11 is 1.81. The Morgan fingerprint density at radius 3 is 3.29 bits per heavy atom. The Morgan fingerprint density at radius 2 is 2.47 bits per heavy atom. The number of hydrogen-bond acceptors (Lipinski definition) is 5. The highest BCUT2D eigenvalue weighted by atomic mass is 32.2. The van der Waals surface area contributed by atoms with Crippen molar-refractivity contribution in [2.45, 2.75) is 6.04 Å². The van der Waals surface area contributed by atoms with Crippen LogP contribution in [-0.4, -0.2) is 42.1 Å². The molecule has 0 aliphatic carbocycles. The molecule has 1 fully saturated rings. The number of rotatable bonds is 1. The van der Waals surface area contributed by atoms with Gasteiger partial charge in [-0.2, -0.15) is 16.7 Å². The van der Waals surface area contributed by atoms with Gasteiger partial charge < -0.3 is 15.0 Å². The van der Waals surface area contributed by atoms with Crippen molar-refractivity contribution in [1.82, 2.24) is 4.98 Å². The molecule has 0 bridgehead atoms. The molecule has 0 spiro atoms. The van der Waals surface area contributed by atoms with E-state index in [-0.39, 0.29) is 11.9 Å². The highest BCUT2D eigenvalue weighted by Crippen LogP contribution is 2.34. The van der Waals surface area contributed by atoms with Gasteiger partial charge in [-0.15, -0.1) is 0 Å². The van der Waals surface area contributed by atoms with Crippen LogP contribution in [0.4, 0.5) is 11.5 Å². The third-order valence-electron chi connectivity index (χ3n) is 3.02. The van der Waals surface area contributed by atoms with Crippen molar-refractivity contribution in [1.29, 1.82) is 0 Å². The molecular weight excluding hydrogens is 238 g/mol. The number of anilines is 2. The highest BCUT2D eigenvalue weighted by molar-refractivity contribution is 7.99. The quantitative estimate of drug-likeness (QED) is 0.806. The Morgan fingerprint density at radius 1 is 1.59 bits per heavy atom. The fraction of sp³-hybridized carbons (Fsp3) is 0.455. The standard InChI is InChI=1S/C11H13N3O2S/c1-16-9-3-2-7-10(13-9)14-4-5-17-6-8(14)11(15)12-7/h2-3,8H,4-6H2,1H3,(H,12,15).